The van der Waals surface area contributed by atoms with Crippen LogP contribution in [0.3, 0.4) is 0 Å². The summed E-state index contributed by atoms with van der Waals surface area (Å²) < 4.78 is 55.6. The maximum atomic E-state index is 14.0. The molecule has 8 nitrogen and oxygen atoms in total. The third-order valence-corrected chi connectivity index (χ3v) is 7.33. The normalized spacial score (nSPS) is 15.2. The smallest absolute Gasteiger partial charge is 0.276 e. The standard InChI is InChI=1S/C21H21F2N5O3S/c1-14-3-6-17(7-4-14)28-15(2)20(24-25-28)21(29)26-9-11-27(12-10-26)32(30,31)19-13-16(22)5-8-18(19)23/h3-8,13H,9-12H2,1-2H3. The number of hydrogen-bond donors (Lipinski definition) is 0. The average Bonchev–Trinajstić information content (AvgIpc) is 3.16. The van der Waals surface area contributed by atoms with Gasteiger partial charge in [0.05, 0.1) is 11.4 Å². The van der Waals surface area contributed by atoms with Crippen molar-refractivity contribution in [2.24, 2.45) is 0 Å². The number of carbonyl (C=O) groups is 1. The van der Waals surface area contributed by atoms with Crippen LogP contribution < -0.4 is 0 Å². The highest BCUT2D eigenvalue weighted by Gasteiger charge is 2.33. The summed E-state index contributed by atoms with van der Waals surface area (Å²) in [5.74, 6) is -2.23. The highest BCUT2D eigenvalue weighted by atomic mass is 32.2. The van der Waals surface area contributed by atoms with Gasteiger partial charge in [0.1, 0.15) is 16.5 Å². The molecular weight excluding hydrogens is 440 g/mol. The number of hydrogen-bond acceptors (Lipinski definition) is 5. The van der Waals surface area contributed by atoms with E-state index in [9.17, 15) is 22.0 Å². The summed E-state index contributed by atoms with van der Waals surface area (Å²) in [6.45, 7) is 3.79. The van der Waals surface area contributed by atoms with Crippen molar-refractivity contribution < 1.29 is 22.0 Å². The Kier molecular flexibility index (Phi) is 5.78. The van der Waals surface area contributed by atoms with E-state index in [0.29, 0.717) is 11.8 Å². The molecule has 11 heteroatoms. The Hall–Kier alpha value is -3.18. The molecule has 0 aliphatic carbocycles. The predicted molar refractivity (Wildman–Crippen MR) is 112 cm³/mol. The van der Waals surface area contributed by atoms with Crippen molar-refractivity contribution in [3.05, 3.63) is 71.1 Å². The summed E-state index contributed by atoms with van der Waals surface area (Å²) in [7, 11) is -4.22. The Morgan fingerprint density at radius 3 is 2.28 bits per heavy atom. The van der Waals surface area contributed by atoms with Crippen molar-refractivity contribution in [3.8, 4) is 5.69 Å². The molecule has 2 aromatic carbocycles. The fraction of sp³-hybridized carbons (Fsp3) is 0.286. The van der Waals surface area contributed by atoms with Gasteiger partial charge in [-0.15, -0.1) is 5.10 Å². The van der Waals surface area contributed by atoms with E-state index in [0.717, 1.165) is 27.7 Å². The van der Waals surface area contributed by atoms with Crippen molar-refractivity contribution in [2.75, 3.05) is 26.2 Å². The first kappa shape index (κ1) is 22.0. The summed E-state index contributed by atoms with van der Waals surface area (Å²) in [6.07, 6.45) is 0. The van der Waals surface area contributed by atoms with Gasteiger partial charge in [0.15, 0.2) is 5.69 Å². The molecule has 4 rings (SSSR count). The number of carbonyl (C=O) groups excluding carboxylic acids is 1. The number of rotatable bonds is 4. The average molecular weight is 461 g/mol. The van der Waals surface area contributed by atoms with E-state index < -0.39 is 26.6 Å². The number of aromatic nitrogens is 3. The summed E-state index contributed by atoms with van der Waals surface area (Å²) in [5, 5.41) is 8.10. The van der Waals surface area contributed by atoms with E-state index in [-0.39, 0.29) is 37.8 Å². The van der Waals surface area contributed by atoms with Gasteiger partial charge in [-0.25, -0.2) is 21.9 Å². The molecule has 1 aliphatic rings. The Bertz CT molecular complexity index is 1270. The number of piperazine rings is 1. The molecule has 1 saturated heterocycles. The van der Waals surface area contributed by atoms with Crippen LogP contribution in [0.1, 0.15) is 21.7 Å². The molecule has 168 valence electrons. The van der Waals surface area contributed by atoms with Crippen LogP contribution in [0.5, 0.6) is 0 Å². The third kappa shape index (κ3) is 4.00. The molecule has 32 heavy (non-hydrogen) atoms. The molecule has 0 saturated carbocycles. The number of aryl methyl sites for hydroxylation is 1. The van der Waals surface area contributed by atoms with Crippen LogP contribution in [-0.2, 0) is 10.0 Å². The minimum Gasteiger partial charge on any atom is -0.335 e. The zero-order valence-corrected chi connectivity index (χ0v) is 18.3. The van der Waals surface area contributed by atoms with Crippen molar-refractivity contribution >= 4 is 15.9 Å². The monoisotopic (exact) mass is 461 g/mol. The lowest BCUT2D eigenvalue weighted by Gasteiger charge is -2.33. The van der Waals surface area contributed by atoms with Gasteiger partial charge in [-0.05, 0) is 44.2 Å². The van der Waals surface area contributed by atoms with Gasteiger partial charge in [0.25, 0.3) is 5.91 Å². The summed E-state index contributed by atoms with van der Waals surface area (Å²) in [5.41, 5.74) is 2.61. The number of halogens is 2. The summed E-state index contributed by atoms with van der Waals surface area (Å²) in [4.78, 5) is 13.7. The second-order valence-electron chi connectivity index (χ2n) is 7.54. The van der Waals surface area contributed by atoms with Crippen LogP contribution in [0.4, 0.5) is 8.78 Å². The lowest BCUT2D eigenvalue weighted by atomic mass is 10.2. The number of nitrogens with zero attached hydrogens (tertiary/aromatic N) is 5. The molecule has 1 amide bonds. The van der Waals surface area contributed by atoms with Crippen LogP contribution in [0.2, 0.25) is 0 Å². The van der Waals surface area contributed by atoms with Crippen molar-refractivity contribution in [1.82, 2.24) is 24.2 Å². The van der Waals surface area contributed by atoms with Crippen molar-refractivity contribution in [1.29, 1.82) is 0 Å². The van der Waals surface area contributed by atoms with Crippen LogP contribution in [0, 0.1) is 25.5 Å². The highest BCUT2D eigenvalue weighted by Crippen LogP contribution is 2.22. The number of sulfonamides is 1. The number of amides is 1. The van der Waals surface area contributed by atoms with Crippen LogP contribution in [0.15, 0.2) is 47.4 Å². The molecule has 3 aromatic rings. The molecule has 1 aromatic heterocycles. The van der Waals surface area contributed by atoms with Gasteiger partial charge in [-0.1, -0.05) is 22.9 Å². The van der Waals surface area contributed by atoms with Crippen LogP contribution in [0.25, 0.3) is 5.69 Å². The number of benzene rings is 2. The second-order valence-corrected chi connectivity index (χ2v) is 9.45. The molecule has 1 aliphatic heterocycles. The Morgan fingerprint density at radius 1 is 0.969 bits per heavy atom. The predicted octanol–water partition coefficient (Wildman–Crippen LogP) is 2.31. The van der Waals surface area contributed by atoms with Gasteiger partial charge >= 0.3 is 0 Å². The Balaban J connectivity index is 1.48. The summed E-state index contributed by atoms with van der Waals surface area (Å²) in [6, 6.07) is 9.91. The van der Waals surface area contributed by atoms with E-state index in [1.165, 1.54) is 4.90 Å². The van der Waals surface area contributed by atoms with Crippen LogP contribution in [-0.4, -0.2) is 64.7 Å². The van der Waals surface area contributed by atoms with Gasteiger partial charge in [0.2, 0.25) is 10.0 Å². The Labute approximate surface area is 184 Å². The maximum absolute atomic E-state index is 14.0. The summed E-state index contributed by atoms with van der Waals surface area (Å²) >= 11 is 0. The fourth-order valence-corrected chi connectivity index (χ4v) is 5.05. The van der Waals surface area contributed by atoms with Gasteiger partial charge in [-0.2, -0.15) is 4.31 Å². The molecule has 2 heterocycles. The third-order valence-electron chi connectivity index (χ3n) is 5.41. The van der Waals surface area contributed by atoms with Gasteiger partial charge in [0, 0.05) is 26.2 Å². The fourth-order valence-electron chi connectivity index (χ4n) is 3.55. The highest BCUT2D eigenvalue weighted by molar-refractivity contribution is 7.89. The SMILES string of the molecule is Cc1ccc(-n2nnc(C(=O)N3CCN(S(=O)(=O)c4cc(F)ccc4F)CC3)c2C)cc1. The minimum atomic E-state index is -4.22. The van der Waals surface area contributed by atoms with Crippen molar-refractivity contribution in [2.45, 2.75) is 18.7 Å². The minimum absolute atomic E-state index is 0.0465. The van der Waals surface area contributed by atoms with E-state index in [1.807, 2.05) is 31.2 Å². The zero-order chi connectivity index (χ0) is 23.0. The van der Waals surface area contributed by atoms with E-state index in [4.69, 9.17) is 0 Å². The van der Waals surface area contributed by atoms with E-state index in [1.54, 1.807) is 11.6 Å². The van der Waals surface area contributed by atoms with Crippen LogP contribution >= 0.6 is 0 Å². The first-order valence-electron chi connectivity index (χ1n) is 9.92. The molecule has 0 unspecified atom stereocenters. The quantitative estimate of drug-likeness (QED) is 0.595. The molecule has 0 radical (unpaired) electrons. The lowest BCUT2D eigenvalue weighted by Crippen LogP contribution is -2.50. The molecule has 0 atom stereocenters. The van der Waals surface area contributed by atoms with Gasteiger partial charge < -0.3 is 4.90 Å². The molecule has 1 fully saturated rings. The molecule has 0 spiro atoms. The molecular formula is C21H21F2N5O3S. The van der Waals surface area contributed by atoms with E-state index in [2.05, 4.69) is 10.3 Å². The molecule has 0 N–H and O–H groups in total. The largest absolute Gasteiger partial charge is 0.335 e. The topological polar surface area (TPSA) is 88.4 Å². The Morgan fingerprint density at radius 2 is 1.62 bits per heavy atom. The maximum Gasteiger partial charge on any atom is 0.276 e. The van der Waals surface area contributed by atoms with Crippen molar-refractivity contribution in [3.63, 3.8) is 0 Å². The zero-order valence-electron chi connectivity index (χ0n) is 17.5. The molecule has 0 bridgehead atoms. The first-order chi connectivity index (χ1) is 15.2. The second kappa shape index (κ2) is 8.40. The van der Waals surface area contributed by atoms with Gasteiger partial charge in [-0.3, -0.25) is 4.79 Å². The van der Waals surface area contributed by atoms with E-state index >= 15 is 0 Å². The lowest BCUT2D eigenvalue weighted by molar-refractivity contribution is 0.0691. The first-order valence-corrected chi connectivity index (χ1v) is 11.4.